The molecule has 1 heterocycles. The summed E-state index contributed by atoms with van der Waals surface area (Å²) < 4.78 is 3.89. The number of carbonyl (C=O) groups excluding carboxylic acids is 1. The molecule has 1 aliphatic carbocycles. The molecule has 3 rings (SSSR count). The second kappa shape index (κ2) is 6.75. The van der Waals surface area contributed by atoms with Crippen LogP contribution >= 0.6 is 15.9 Å². The maximum absolute atomic E-state index is 12.8. The summed E-state index contributed by atoms with van der Waals surface area (Å²) in [5.74, 6) is 0.497. The number of aromatic nitrogens is 2. The number of imidazole rings is 1. The van der Waals surface area contributed by atoms with Crippen molar-refractivity contribution < 1.29 is 4.79 Å². The van der Waals surface area contributed by atoms with Crippen molar-refractivity contribution >= 4 is 32.9 Å². The highest BCUT2D eigenvalue weighted by Gasteiger charge is 2.26. The van der Waals surface area contributed by atoms with Gasteiger partial charge in [-0.15, -0.1) is 0 Å². The quantitative estimate of drug-likeness (QED) is 0.868. The van der Waals surface area contributed by atoms with Gasteiger partial charge in [-0.05, 0) is 46.8 Å². The van der Waals surface area contributed by atoms with Crippen LogP contribution in [0.1, 0.15) is 49.4 Å². The number of amides is 1. The van der Waals surface area contributed by atoms with E-state index in [4.69, 9.17) is 0 Å². The monoisotopic (exact) mass is 393 g/mol. The molecular formula is C18H24BrN3O2. The van der Waals surface area contributed by atoms with Crippen LogP contribution in [0.5, 0.6) is 0 Å². The highest BCUT2D eigenvalue weighted by molar-refractivity contribution is 9.10. The van der Waals surface area contributed by atoms with E-state index in [-0.39, 0.29) is 17.6 Å². The summed E-state index contributed by atoms with van der Waals surface area (Å²) in [6, 6.07) is 3.91. The Hall–Kier alpha value is -1.56. The molecule has 1 aromatic carbocycles. The van der Waals surface area contributed by atoms with Gasteiger partial charge in [-0.2, -0.15) is 0 Å². The first-order valence-corrected chi connectivity index (χ1v) is 9.39. The number of halogens is 1. The lowest BCUT2D eigenvalue weighted by Crippen LogP contribution is -2.42. The smallest absolute Gasteiger partial charge is 0.328 e. The van der Waals surface area contributed by atoms with Crippen molar-refractivity contribution in [1.82, 2.24) is 14.5 Å². The van der Waals surface area contributed by atoms with Crippen LogP contribution < -0.4 is 11.0 Å². The van der Waals surface area contributed by atoms with E-state index in [2.05, 4.69) is 28.2 Å². The van der Waals surface area contributed by atoms with Gasteiger partial charge in [0.2, 0.25) is 0 Å². The second-order valence-electron chi connectivity index (χ2n) is 6.75. The molecule has 2 aromatic rings. The van der Waals surface area contributed by atoms with Gasteiger partial charge in [-0.3, -0.25) is 13.9 Å². The minimum Gasteiger partial charge on any atom is -0.349 e. The van der Waals surface area contributed by atoms with E-state index < -0.39 is 0 Å². The molecule has 1 amide bonds. The minimum absolute atomic E-state index is 0.0644. The van der Waals surface area contributed by atoms with Crippen LogP contribution in [0.25, 0.3) is 11.0 Å². The summed E-state index contributed by atoms with van der Waals surface area (Å²) in [6.45, 7) is 2.19. The van der Waals surface area contributed by atoms with Gasteiger partial charge in [0.05, 0.1) is 16.6 Å². The summed E-state index contributed by atoms with van der Waals surface area (Å²) >= 11 is 3.50. The van der Waals surface area contributed by atoms with Gasteiger partial charge in [-0.1, -0.05) is 26.2 Å². The number of fused-ring (bicyclic) bond motifs is 1. The standard InChI is InChI=1S/C18H24BrN3O2/c1-4-11-7-5-6-8-14(11)20-17(23)12-9-15-16(10-13(12)19)22(3)18(24)21(15)2/h9-11,14H,4-8H2,1-3H3,(H,20,23). The van der Waals surface area contributed by atoms with Crippen molar-refractivity contribution in [3.8, 4) is 0 Å². The van der Waals surface area contributed by atoms with Gasteiger partial charge < -0.3 is 5.32 Å². The van der Waals surface area contributed by atoms with Gasteiger partial charge in [0.15, 0.2) is 0 Å². The third kappa shape index (κ3) is 2.92. The van der Waals surface area contributed by atoms with E-state index in [9.17, 15) is 9.59 Å². The van der Waals surface area contributed by atoms with Crippen LogP contribution in [0.3, 0.4) is 0 Å². The summed E-state index contributed by atoms with van der Waals surface area (Å²) in [7, 11) is 3.47. The fourth-order valence-electron chi connectivity index (χ4n) is 3.83. The largest absolute Gasteiger partial charge is 0.349 e. The number of nitrogens with zero attached hydrogens (tertiary/aromatic N) is 2. The van der Waals surface area contributed by atoms with E-state index in [0.29, 0.717) is 11.5 Å². The van der Waals surface area contributed by atoms with Crippen LogP contribution in [0.2, 0.25) is 0 Å². The minimum atomic E-state index is -0.0900. The Labute approximate surface area is 150 Å². The number of aryl methyl sites for hydroxylation is 2. The predicted molar refractivity (Wildman–Crippen MR) is 99.4 cm³/mol. The van der Waals surface area contributed by atoms with Gasteiger partial charge in [-0.25, -0.2) is 4.79 Å². The first-order valence-electron chi connectivity index (χ1n) is 8.59. The van der Waals surface area contributed by atoms with Gasteiger partial charge in [0.25, 0.3) is 5.91 Å². The second-order valence-corrected chi connectivity index (χ2v) is 7.61. The summed E-state index contributed by atoms with van der Waals surface area (Å²) in [5, 5.41) is 3.22. The number of rotatable bonds is 3. The van der Waals surface area contributed by atoms with E-state index in [1.54, 1.807) is 29.3 Å². The molecule has 1 saturated carbocycles. The van der Waals surface area contributed by atoms with Gasteiger partial charge in [0.1, 0.15) is 0 Å². The number of hydrogen-bond acceptors (Lipinski definition) is 2. The number of carbonyl (C=O) groups is 1. The highest BCUT2D eigenvalue weighted by Crippen LogP contribution is 2.28. The van der Waals surface area contributed by atoms with Crippen molar-refractivity contribution in [1.29, 1.82) is 0 Å². The molecule has 2 atom stereocenters. The van der Waals surface area contributed by atoms with Crippen molar-refractivity contribution in [3.05, 3.63) is 32.7 Å². The lowest BCUT2D eigenvalue weighted by molar-refractivity contribution is 0.0904. The third-order valence-corrected chi connectivity index (χ3v) is 6.01. The first-order chi connectivity index (χ1) is 11.4. The summed E-state index contributed by atoms with van der Waals surface area (Å²) in [6.07, 6.45) is 5.77. The Morgan fingerprint density at radius 3 is 2.50 bits per heavy atom. The van der Waals surface area contributed by atoms with E-state index in [1.807, 2.05) is 6.07 Å². The fraction of sp³-hybridized carbons (Fsp3) is 0.556. The van der Waals surface area contributed by atoms with Crippen LogP contribution in [0.4, 0.5) is 0 Å². The average molecular weight is 394 g/mol. The summed E-state index contributed by atoms with van der Waals surface area (Å²) in [5.41, 5.74) is 2.08. The van der Waals surface area contributed by atoms with Crippen LogP contribution in [0, 0.1) is 5.92 Å². The van der Waals surface area contributed by atoms with Crippen molar-refractivity contribution in [3.63, 3.8) is 0 Å². The van der Waals surface area contributed by atoms with Crippen LogP contribution in [-0.2, 0) is 14.1 Å². The summed E-state index contributed by atoms with van der Waals surface area (Å²) in [4.78, 5) is 24.9. The molecule has 6 heteroatoms. The Bertz CT molecular complexity index is 837. The van der Waals surface area contributed by atoms with Crippen molar-refractivity contribution in [2.45, 2.75) is 45.1 Å². The fourth-order valence-corrected chi connectivity index (χ4v) is 4.34. The molecule has 0 radical (unpaired) electrons. The van der Waals surface area contributed by atoms with Crippen LogP contribution in [-0.4, -0.2) is 21.1 Å². The molecule has 24 heavy (non-hydrogen) atoms. The molecule has 0 bridgehead atoms. The van der Waals surface area contributed by atoms with E-state index >= 15 is 0 Å². The Balaban J connectivity index is 1.93. The van der Waals surface area contributed by atoms with E-state index in [0.717, 1.165) is 28.3 Å². The molecule has 5 nitrogen and oxygen atoms in total. The Morgan fingerprint density at radius 1 is 1.21 bits per heavy atom. The Morgan fingerprint density at radius 2 is 1.83 bits per heavy atom. The molecule has 0 aliphatic heterocycles. The molecule has 1 aromatic heterocycles. The molecule has 0 saturated heterocycles. The number of nitrogens with one attached hydrogen (secondary N) is 1. The number of benzene rings is 1. The van der Waals surface area contributed by atoms with Crippen LogP contribution in [0.15, 0.2) is 21.4 Å². The lowest BCUT2D eigenvalue weighted by Gasteiger charge is -2.31. The molecule has 0 spiro atoms. The maximum atomic E-state index is 12.8. The molecular weight excluding hydrogens is 370 g/mol. The topological polar surface area (TPSA) is 56.0 Å². The van der Waals surface area contributed by atoms with Gasteiger partial charge >= 0.3 is 5.69 Å². The Kier molecular flexibility index (Phi) is 4.85. The van der Waals surface area contributed by atoms with Crippen molar-refractivity contribution in [2.75, 3.05) is 0 Å². The zero-order valence-corrected chi connectivity index (χ0v) is 16.0. The lowest BCUT2D eigenvalue weighted by atomic mass is 9.83. The maximum Gasteiger partial charge on any atom is 0.328 e. The first kappa shape index (κ1) is 17.3. The normalized spacial score (nSPS) is 21.2. The zero-order chi connectivity index (χ0) is 17.4. The average Bonchev–Trinajstić information content (AvgIpc) is 2.78. The van der Waals surface area contributed by atoms with Crippen molar-refractivity contribution in [2.24, 2.45) is 20.0 Å². The number of hydrogen-bond donors (Lipinski definition) is 1. The molecule has 2 unspecified atom stereocenters. The molecule has 1 N–H and O–H groups in total. The third-order valence-electron chi connectivity index (χ3n) is 5.36. The van der Waals surface area contributed by atoms with Gasteiger partial charge in [0, 0.05) is 24.6 Å². The SMILES string of the molecule is CCC1CCCCC1NC(=O)c1cc2c(cc1Br)n(C)c(=O)n2C. The predicted octanol–water partition coefficient (Wildman–Crippen LogP) is 3.34. The highest BCUT2D eigenvalue weighted by atomic mass is 79.9. The zero-order valence-electron chi connectivity index (χ0n) is 14.4. The molecule has 1 fully saturated rings. The molecule has 1 aliphatic rings. The van der Waals surface area contributed by atoms with E-state index in [1.165, 1.54) is 19.3 Å². The molecule has 130 valence electrons.